The molecule has 0 radical (unpaired) electrons. The molecule has 2 aromatic rings. The zero-order valence-corrected chi connectivity index (χ0v) is 39.1. The Morgan fingerprint density at radius 1 is 0.865 bits per heavy atom. The first-order valence-corrected chi connectivity index (χ1v) is 31.0. The van der Waals surface area contributed by atoms with Gasteiger partial charge in [0.1, 0.15) is 18.2 Å². The Morgan fingerprint density at radius 2 is 1.42 bits per heavy atom. The fourth-order valence-corrected chi connectivity index (χ4v) is 10.7. The normalized spacial score (nSPS) is 13.2. The Hall–Kier alpha value is -1.73. The van der Waals surface area contributed by atoms with Crippen LogP contribution in [0, 0.1) is 13.8 Å². The number of carbonyl (C=O) groups is 1. The summed E-state index contributed by atoms with van der Waals surface area (Å²) in [4.78, 5) is 13.2. The summed E-state index contributed by atoms with van der Waals surface area (Å²) in [7, 11) is -8.69. The van der Waals surface area contributed by atoms with Gasteiger partial charge in [-0.2, -0.15) is 0 Å². The van der Waals surface area contributed by atoms with E-state index >= 15 is 0 Å². The molecule has 296 valence electrons. The molecule has 0 bridgehead atoms. The van der Waals surface area contributed by atoms with Gasteiger partial charge in [-0.3, -0.25) is 4.79 Å². The standard InChI is InChI=1S/C37H65BrN2O8SSi3/c1-13-52(14-2,15-3)48-35(25-39-36(41)26-46-32-22-29(4)37(38)30(5)23-32)31-16-17-34(47-28-45-19-21-51(10,11)12)33(24-31)40(49(6,42)43)27-44-18-20-50(7,8)9/h16-17,22-24,35H,13-15,18-21,25-28H2,1-12H3,(H,39,41)/t35-/m0/s1. The van der Waals surface area contributed by atoms with Gasteiger partial charge in [-0.05, 0) is 85.0 Å². The van der Waals surface area contributed by atoms with Gasteiger partial charge in [-0.1, -0.05) is 82.0 Å². The third kappa shape index (κ3) is 15.9. The second-order valence-corrected chi connectivity index (χ2v) is 34.6. The SMILES string of the molecule is CC[Si](CC)(CC)O[C@@H](CNC(=O)COc1cc(C)c(Br)c(C)c1)c1ccc(OCOCC[Si](C)(C)C)c(N(COCC[Si](C)(C)C)S(C)(=O)=O)c1. The van der Waals surface area contributed by atoms with E-state index in [1.807, 2.05) is 32.0 Å². The maximum absolute atomic E-state index is 13.3. The van der Waals surface area contributed by atoms with Gasteiger partial charge in [-0.25, -0.2) is 12.7 Å². The minimum absolute atomic E-state index is 0.0180. The van der Waals surface area contributed by atoms with Crippen LogP contribution in [0.5, 0.6) is 11.5 Å². The molecule has 0 spiro atoms. The molecule has 0 aromatic heterocycles. The number of ether oxygens (including phenoxy) is 4. The zero-order valence-electron chi connectivity index (χ0n) is 33.7. The highest BCUT2D eigenvalue weighted by Crippen LogP contribution is 2.37. The molecular formula is C37H65BrN2O8SSi3. The van der Waals surface area contributed by atoms with Crippen LogP contribution in [0.2, 0.25) is 69.5 Å². The minimum atomic E-state index is -3.79. The molecule has 0 fully saturated rings. The van der Waals surface area contributed by atoms with Gasteiger partial charge in [0.15, 0.2) is 21.7 Å². The van der Waals surface area contributed by atoms with Crippen molar-refractivity contribution in [3.05, 3.63) is 51.5 Å². The van der Waals surface area contributed by atoms with Crippen LogP contribution in [0.4, 0.5) is 5.69 Å². The average molecular weight is 862 g/mol. The predicted octanol–water partition coefficient (Wildman–Crippen LogP) is 9.09. The Kier molecular flexibility index (Phi) is 18.6. The number of halogens is 1. The fraction of sp³-hybridized carbons (Fsp3) is 0.649. The lowest BCUT2D eigenvalue weighted by molar-refractivity contribution is -0.123. The highest BCUT2D eigenvalue weighted by Gasteiger charge is 2.34. The highest BCUT2D eigenvalue weighted by atomic mass is 79.9. The van der Waals surface area contributed by atoms with Crippen LogP contribution in [0.15, 0.2) is 34.8 Å². The van der Waals surface area contributed by atoms with E-state index in [1.54, 1.807) is 12.1 Å². The molecule has 0 aliphatic heterocycles. The van der Waals surface area contributed by atoms with Crippen LogP contribution in [0.3, 0.4) is 0 Å². The lowest BCUT2D eigenvalue weighted by Crippen LogP contribution is -2.41. The molecule has 0 saturated carbocycles. The number of nitrogens with one attached hydrogen (secondary N) is 1. The average Bonchev–Trinajstić information content (AvgIpc) is 3.05. The number of hydrogen-bond donors (Lipinski definition) is 1. The first-order valence-electron chi connectivity index (χ1n) is 18.4. The first-order chi connectivity index (χ1) is 24.1. The van der Waals surface area contributed by atoms with Crippen LogP contribution in [0.25, 0.3) is 0 Å². The number of anilines is 1. The lowest BCUT2D eigenvalue weighted by atomic mass is 10.1. The van der Waals surface area contributed by atoms with Crippen molar-refractivity contribution in [3.63, 3.8) is 0 Å². The number of aryl methyl sites for hydroxylation is 2. The molecule has 0 aliphatic rings. The van der Waals surface area contributed by atoms with Crippen LogP contribution < -0.4 is 19.1 Å². The van der Waals surface area contributed by atoms with E-state index in [1.165, 1.54) is 10.6 Å². The van der Waals surface area contributed by atoms with Crippen LogP contribution in [-0.4, -0.2) is 84.9 Å². The van der Waals surface area contributed by atoms with Crippen LogP contribution >= 0.6 is 15.9 Å². The summed E-state index contributed by atoms with van der Waals surface area (Å²) in [6.45, 7) is 24.9. The monoisotopic (exact) mass is 860 g/mol. The van der Waals surface area contributed by atoms with Crippen molar-refractivity contribution in [1.29, 1.82) is 0 Å². The van der Waals surface area contributed by atoms with Gasteiger partial charge >= 0.3 is 0 Å². The lowest BCUT2D eigenvalue weighted by Gasteiger charge is -2.34. The molecule has 1 N–H and O–H groups in total. The quantitative estimate of drug-likeness (QED) is 0.0633. The van der Waals surface area contributed by atoms with Crippen LogP contribution in [0.1, 0.15) is 43.6 Å². The van der Waals surface area contributed by atoms with Crippen LogP contribution in [-0.2, 0) is 28.7 Å². The molecule has 1 atom stereocenters. The number of nitrogens with zero attached hydrogens (tertiary/aromatic N) is 1. The number of hydrogen-bond acceptors (Lipinski definition) is 8. The number of sulfonamides is 1. The van der Waals surface area contributed by atoms with Gasteiger partial charge in [-0.15, -0.1) is 0 Å². The van der Waals surface area contributed by atoms with Crippen molar-refractivity contribution in [2.45, 2.75) is 110 Å². The largest absolute Gasteiger partial charge is 0.484 e. The Bertz CT molecular complexity index is 1520. The summed E-state index contributed by atoms with van der Waals surface area (Å²) in [6.07, 6.45) is 0.629. The molecule has 0 aliphatic carbocycles. The van der Waals surface area contributed by atoms with Crippen molar-refractivity contribution in [3.8, 4) is 11.5 Å². The van der Waals surface area contributed by atoms with Crippen molar-refractivity contribution in [1.82, 2.24) is 5.32 Å². The summed E-state index contributed by atoms with van der Waals surface area (Å²) in [5, 5.41) is 3.02. The van der Waals surface area contributed by atoms with E-state index in [-0.39, 0.29) is 32.6 Å². The Labute approximate surface area is 326 Å². The summed E-state index contributed by atoms with van der Waals surface area (Å²) < 4.78 is 59.7. The van der Waals surface area contributed by atoms with Gasteiger partial charge in [0.25, 0.3) is 5.91 Å². The van der Waals surface area contributed by atoms with E-state index < -0.39 is 40.6 Å². The topological polar surface area (TPSA) is 113 Å². The van der Waals surface area contributed by atoms with Crippen molar-refractivity contribution < 1.29 is 36.6 Å². The number of rotatable bonds is 24. The fourth-order valence-electron chi connectivity index (χ4n) is 5.39. The molecule has 15 heteroatoms. The van der Waals surface area contributed by atoms with Crippen molar-refractivity contribution >= 4 is 62.0 Å². The highest BCUT2D eigenvalue weighted by molar-refractivity contribution is 9.10. The molecule has 0 saturated heterocycles. The summed E-state index contributed by atoms with van der Waals surface area (Å²) in [5.74, 6) is 0.693. The van der Waals surface area contributed by atoms with E-state index in [2.05, 4.69) is 81.3 Å². The molecule has 52 heavy (non-hydrogen) atoms. The van der Waals surface area contributed by atoms with Gasteiger partial charge in [0, 0.05) is 40.4 Å². The molecule has 0 unspecified atom stereocenters. The van der Waals surface area contributed by atoms with Crippen molar-refractivity contribution in [2.75, 3.05) is 50.5 Å². The smallest absolute Gasteiger partial charge is 0.258 e. The van der Waals surface area contributed by atoms with Gasteiger partial charge in [0.2, 0.25) is 10.0 Å². The maximum atomic E-state index is 13.3. The molecule has 2 rings (SSSR count). The third-order valence-corrected chi connectivity index (χ3v) is 19.5. The first kappa shape index (κ1) is 46.4. The predicted molar refractivity (Wildman–Crippen MR) is 225 cm³/mol. The molecular weight excluding hydrogens is 797 g/mol. The second-order valence-electron chi connectivity index (χ2n) is 16.0. The van der Waals surface area contributed by atoms with Crippen molar-refractivity contribution in [2.24, 2.45) is 0 Å². The number of benzene rings is 2. The molecule has 10 nitrogen and oxygen atoms in total. The Morgan fingerprint density at radius 3 is 1.94 bits per heavy atom. The molecule has 0 heterocycles. The Balaban J connectivity index is 2.47. The number of carbonyl (C=O) groups excluding carboxylic acids is 1. The molecule has 2 aromatic carbocycles. The second kappa shape index (κ2) is 20.8. The minimum Gasteiger partial charge on any atom is -0.484 e. The van der Waals surface area contributed by atoms with E-state index in [4.69, 9.17) is 23.4 Å². The van der Waals surface area contributed by atoms with E-state index in [0.717, 1.165) is 51.4 Å². The third-order valence-electron chi connectivity index (χ3n) is 9.11. The summed E-state index contributed by atoms with van der Waals surface area (Å²) >= 11 is 3.57. The summed E-state index contributed by atoms with van der Waals surface area (Å²) in [6, 6.07) is 13.8. The van der Waals surface area contributed by atoms with Gasteiger partial charge < -0.3 is 28.7 Å². The van der Waals surface area contributed by atoms with E-state index in [0.29, 0.717) is 30.4 Å². The zero-order chi connectivity index (χ0) is 39.3. The summed E-state index contributed by atoms with van der Waals surface area (Å²) in [5.41, 5.74) is 3.11. The van der Waals surface area contributed by atoms with Gasteiger partial charge in [0.05, 0.1) is 18.0 Å². The van der Waals surface area contributed by atoms with E-state index in [9.17, 15) is 13.2 Å². The number of amides is 1. The molecule has 1 amide bonds. The maximum Gasteiger partial charge on any atom is 0.258 e.